The third-order valence-corrected chi connectivity index (χ3v) is 4.68. The van der Waals surface area contributed by atoms with Crippen molar-refractivity contribution in [1.82, 2.24) is 9.80 Å². The second kappa shape index (κ2) is 9.36. The molecular formula is C20H29N3O3. The molecule has 0 radical (unpaired) electrons. The fourth-order valence-corrected chi connectivity index (χ4v) is 3.22. The van der Waals surface area contributed by atoms with E-state index in [-0.39, 0.29) is 30.2 Å². The van der Waals surface area contributed by atoms with Gasteiger partial charge in [0.25, 0.3) is 0 Å². The monoisotopic (exact) mass is 359 g/mol. The number of carbonyl (C=O) groups excluding carboxylic acids is 3. The van der Waals surface area contributed by atoms with E-state index >= 15 is 0 Å². The molecule has 1 heterocycles. The molecule has 1 saturated heterocycles. The molecule has 0 saturated carbocycles. The van der Waals surface area contributed by atoms with Crippen LogP contribution in [0.4, 0.5) is 5.69 Å². The van der Waals surface area contributed by atoms with Crippen LogP contribution in [-0.4, -0.2) is 54.2 Å². The Balaban J connectivity index is 1.86. The fourth-order valence-electron chi connectivity index (χ4n) is 3.22. The number of nitrogens with zero attached hydrogens (tertiary/aromatic N) is 2. The molecular weight excluding hydrogens is 330 g/mol. The predicted octanol–water partition coefficient (Wildman–Crippen LogP) is 2.43. The normalized spacial score (nSPS) is 16.9. The number of rotatable bonds is 6. The van der Waals surface area contributed by atoms with Crippen molar-refractivity contribution < 1.29 is 14.4 Å². The van der Waals surface area contributed by atoms with Gasteiger partial charge in [0.05, 0.1) is 12.5 Å². The summed E-state index contributed by atoms with van der Waals surface area (Å²) in [5, 5.41) is 2.80. The number of benzene rings is 1. The van der Waals surface area contributed by atoms with Crippen LogP contribution in [-0.2, 0) is 14.4 Å². The van der Waals surface area contributed by atoms with Crippen molar-refractivity contribution in [2.75, 3.05) is 32.0 Å². The Morgan fingerprint density at radius 1 is 1.23 bits per heavy atom. The Morgan fingerprint density at radius 3 is 2.58 bits per heavy atom. The summed E-state index contributed by atoms with van der Waals surface area (Å²) in [6.45, 7) is 5.15. The molecule has 1 atom stereocenters. The summed E-state index contributed by atoms with van der Waals surface area (Å²) in [6, 6.07) is 7.53. The lowest BCUT2D eigenvalue weighted by Crippen LogP contribution is -2.47. The largest absolute Gasteiger partial charge is 0.342 e. The van der Waals surface area contributed by atoms with Gasteiger partial charge in [0, 0.05) is 32.2 Å². The second-order valence-electron chi connectivity index (χ2n) is 7.04. The molecule has 1 aliphatic rings. The lowest BCUT2D eigenvalue weighted by molar-refractivity contribution is -0.141. The minimum Gasteiger partial charge on any atom is -0.342 e. The van der Waals surface area contributed by atoms with Gasteiger partial charge >= 0.3 is 0 Å². The molecule has 6 heteroatoms. The van der Waals surface area contributed by atoms with Gasteiger partial charge < -0.3 is 15.1 Å². The molecule has 1 fully saturated rings. The molecule has 1 aromatic carbocycles. The van der Waals surface area contributed by atoms with E-state index in [4.69, 9.17) is 0 Å². The highest BCUT2D eigenvalue weighted by Gasteiger charge is 2.30. The van der Waals surface area contributed by atoms with Crippen LogP contribution in [0.25, 0.3) is 0 Å². The highest BCUT2D eigenvalue weighted by atomic mass is 16.2. The summed E-state index contributed by atoms with van der Waals surface area (Å²) < 4.78 is 0. The third kappa shape index (κ3) is 5.58. The SMILES string of the molecule is CCCC(=O)N1CCCC(C(=O)N(C)CC(=O)Nc2ccc(C)cc2)C1. The van der Waals surface area contributed by atoms with Crippen LogP contribution in [0.1, 0.15) is 38.2 Å². The topological polar surface area (TPSA) is 69.7 Å². The van der Waals surface area contributed by atoms with E-state index in [9.17, 15) is 14.4 Å². The number of likely N-dealkylation sites (N-methyl/N-ethyl adjacent to an activating group) is 1. The number of nitrogens with one attached hydrogen (secondary N) is 1. The van der Waals surface area contributed by atoms with Gasteiger partial charge in [-0.1, -0.05) is 24.6 Å². The highest BCUT2D eigenvalue weighted by molar-refractivity contribution is 5.94. The minimum atomic E-state index is -0.223. The van der Waals surface area contributed by atoms with Gasteiger partial charge in [0.15, 0.2) is 0 Å². The molecule has 1 N–H and O–H groups in total. The molecule has 0 spiro atoms. The van der Waals surface area contributed by atoms with Gasteiger partial charge in [-0.25, -0.2) is 0 Å². The Morgan fingerprint density at radius 2 is 1.92 bits per heavy atom. The molecule has 1 aliphatic heterocycles. The van der Waals surface area contributed by atoms with Gasteiger partial charge in [-0.05, 0) is 38.3 Å². The highest BCUT2D eigenvalue weighted by Crippen LogP contribution is 2.19. The molecule has 142 valence electrons. The average molecular weight is 359 g/mol. The summed E-state index contributed by atoms with van der Waals surface area (Å²) >= 11 is 0. The molecule has 0 bridgehead atoms. The van der Waals surface area contributed by atoms with E-state index < -0.39 is 0 Å². The van der Waals surface area contributed by atoms with Crippen LogP contribution in [0, 0.1) is 12.8 Å². The van der Waals surface area contributed by atoms with E-state index in [1.54, 1.807) is 11.9 Å². The van der Waals surface area contributed by atoms with Crippen molar-refractivity contribution in [3.63, 3.8) is 0 Å². The van der Waals surface area contributed by atoms with E-state index in [1.165, 1.54) is 4.90 Å². The van der Waals surface area contributed by atoms with Crippen molar-refractivity contribution in [2.45, 2.75) is 39.5 Å². The van der Waals surface area contributed by atoms with Crippen LogP contribution in [0.5, 0.6) is 0 Å². The Bertz CT molecular complexity index is 642. The number of carbonyl (C=O) groups is 3. The second-order valence-corrected chi connectivity index (χ2v) is 7.04. The standard InChI is InChI=1S/C20H29N3O3/c1-4-6-19(25)23-12-5-7-16(13-23)20(26)22(3)14-18(24)21-17-10-8-15(2)9-11-17/h8-11,16H,4-7,12-14H2,1-3H3,(H,21,24). The lowest BCUT2D eigenvalue weighted by Gasteiger charge is -2.34. The maximum absolute atomic E-state index is 12.7. The molecule has 2 rings (SSSR count). The quantitative estimate of drug-likeness (QED) is 0.848. The van der Waals surface area contributed by atoms with E-state index in [0.29, 0.717) is 13.0 Å². The fraction of sp³-hybridized carbons (Fsp3) is 0.550. The van der Waals surface area contributed by atoms with Gasteiger partial charge in [-0.15, -0.1) is 0 Å². The number of likely N-dealkylation sites (tertiary alicyclic amines) is 1. The summed E-state index contributed by atoms with van der Waals surface area (Å²) in [6.07, 6.45) is 2.93. The lowest BCUT2D eigenvalue weighted by atomic mass is 9.96. The number of hydrogen-bond acceptors (Lipinski definition) is 3. The summed E-state index contributed by atoms with van der Waals surface area (Å²) in [7, 11) is 1.64. The Kier molecular flexibility index (Phi) is 7.18. The summed E-state index contributed by atoms with van der Waals surface area (Å²) in [4.78, 5) is 40.2. The molecule has 6 nitrogen and oxygen atoms in total. The number of amides is 3. The smallest absolute Gasteiger partial charge is 0.243 e. The summed E-state index contributed by atoms with van der Waals surface area (Å²) in [5.74, 6) is -0.399. The van der Waals surface area contributed by atoms with E-state index in [0.717, 1.165) is 37.1 Å². The number of anilines is 1. The minimum absolute atomic E-state index is 0.00607. The van der Waals surface area contributed by atoms with Gasteiger partial charge in [0.1, 0.15) is 0 Å². The molecule has 3 amide bonds. The van der Waals surface area contributed by atoms with Crippen molar-refractivity contribution >= 4 is 23.4 Å². The van der Waals surface area contributed by atoms with E-state index in [2.05, 4.69) is 5.32 Å². The average Bonchev–Trinajstić information content (AvgIpc) is 2.63. The first-order valence-corrected chi connectivity index (χ1v) is 9.30. The predicted molar refractivity (Wildman–Crippen MR) is 102 cm³/mol. The first-order valence-electron chi connectivity index (χ1n) is 9.30. The molecule has 1 aromatic rings. The third-order valence-electron chi connectivity index (χ3n) is 4.68. The zero-order valence-electron chi connectivity index (χ0n) is 16.0. The van der Waals surface area contributed by atoms with Gasteiger partial charge in [0.2, 0.25) is 17.7 Å². The maximum atomic E-state index is 12.7. The Labute approximate surface area is 155 Å². The van der Waals surface area contributed by atoms with Crippen molar-refractivity contribution in [3.8, 4) is 0 Å². The number of aryl methyl sites for hydroxylation is 1. The number of hydrogen-bond donors (Lipinski definition) is 1. The number of piperidine rings is 1. The first-order chi connectivity index (χ1) is 12.4. The van der Waals surface area contributed by atoms with Crippen LogP contribution in [0.2, 0.25) is 0 Å². The Hall–Kier alpha value is -2.37. The van der Waals surface area contributed by atoms with Gasteiger partial charge in [-0.3, -0.25) is 14.4 Å². The maximum Gasteiger partial charge on any atom is 0.243 e. The van der Waals surface area contributed by atoms with E-state index in [1.807, 2.05) is 38.1 Å². The van der Waals surface area contributed by atoms with Crippen molar-refractivity contribution in [3.05, 3.63) is 29.8 Å². The first kappa shape index (κ1) is 19.9. The molecule has 0 aliphatic carbocycles. The zero-order chi connectivity index (χ0) is 19.1. The van der Waals surface area contributed by atoms with Gasteiger partial charge in [-0.2, -0.15) is 0 Å². The van der Waals surface area contributed by atoms with Crippen molar-refractivity contribution in [2.24, 2.45) is 5.92 Å². The molecule has 0 aromatic heterocycles. The molecule has 1 unspecified atom stereocenters. The van der Waals surface area contributed by atoms with Crippen LogP contribution in [0.3, 0.4) is 0 Å². The van der Waals surface area contributed by atoms with Crippen LogP contribution >= 0.6 is 0 Å². The van der Waals surface area contributed by atoms with Crippen molar-refractivity contribution in [1.29, 1.82) is 0 Å². The zero-order valence-corrected chi connectivity index (χ0v) is 16.0. The van der Waals surface area contributed by atoms with Crippen LogP contribution in [0.15, 0.2) is 24.3 Å². The summed E-state index contributed by atoms with van der Waals surface area (Å²) in [5.41, 5.74) is 1.84. The molecule has 26 heavy (non-hydrogen) atoms. The van der Waals surface area contributed by atoms with Crippen LogP contribution < -0.4 is 5.32 Å².